The number of ether oxygens (including phenoxy) is 1. The number of hydrogen-bond donors (Lipinski definition) is 1. The number of pyridine rings is 1. The molecule has 0 atom stereocenters. The maximum absolute atomic E-state index is 16.4. The zero-order valence-corrected chi connectivity index (χ0v) is 22.4. The van der Waals surface area contributed by atoms with Gasteiger partial charge in [-0.3, -0.25) is 4.79 Å². The molecular weight excluding hydrogens is 567 g/mol. The fourth-order valence-corrected chi connectivity index (χ4v) is 5.60. The number of nitriles is 1. The predicted octanol–water partition coefficient (Wildman–Crippen LogP) is 5.61. The number of anilines is 2. The lowest BCUT2D eigenvalue weighted by molar-refractivity contribution is -0.137. The first kappa shape index (κ1) is 27.8. The molecule has 0 unspecified atom stereocenters. The Hall–Kier alpha value is -4.77. The van der Waals surface area contributed by atoms with E-state index in [1.165, 1.54) is 42.8 Å². The Balaban J connectivity index is 1.85. The second-order valence-corrected chi connectivity index (χ2v) is 10.1. The number of nitrogen functional groups attached to an aromatic ring is 1. The van der Waals surface area contributed by atoms with Crippen LogP contribution in [0.5, 0.6) is 6.01 Å². The molecule has 14 heteroatoms. The summed E-state index contributed by atoms with van der Waals surface area (Å²) in [5.74, 6) is -2.29. The average molecular weight is 587 g/mol. The molecule has 0 saturated carbocycles. The summed E-state index contributed by atoms with van der Waals surface area (Å²) in [6.07, 6.45) is -5.08. The molecule has 41 heavy (non-hydrogen) atoms. The third-order valence-electron chi connectivity index (χ3n) is 6.63. The molecule has 0 amide bonds. The highest BCUT2D eigenvalue weighted by Gasteiger charge is 2.38. The van der Waals surface area contributed by atoms with Gasteiger partial charge in [-0.25, -0.2) is 8.78 Å². The monoisotopic (exact) mass is 586 g/mol. The van der Waals surface area contributed by atoms with E-state index in [9.17, 15) is 27.6 Å². The summed E-state index contributed by atoms with van der Waals surface area (Å²) in [5, 5.41) is 9.00. The Morgan fingerprint density at radius 2 is 1.93 bits per heavy atom. The van der Waals surface area contributed by atoms with Gasteiger partial charge in [0.2, 0.25) is 0 Å². The number of benzene rings is 2. The Morgan fingerprint density at radius 3 is 2.59 bits per heavy atom. The van der Waals surface area contributed by atoms with E-state index in [1.807, 2.05) is 0 Å². The molecule has 5 rings (SSSR count). The van der Waals surface area contributed by atoms with Gasteiger partial charge >= 0.3 is 12.2 Å². The van der Waals surface area contributed by atoms with Crippen molar-refractivity contribution < 1.29 is 26.7 Å². The van der Waals surface area contributed by atoms with Crippen LogP contribution in [0.3, 0.4) is 0 Å². The van der Waals surface area contributed by atoms with Crippen LogP contribution in [0, 0.1) is 23.0 Å². The van der Waals surface area contributed by atoms with Crippen molar-refractivity contribution in [2.45, 2.75) is 12.7 Å². The van der Waals surface area contributed by atoms with Crippen molar-refractivity contribution in [1.29, 1.82) is 5.26 Å². The van der Waals surface area contributed by atoms with Gasteiger partial charge in [0.25, 0.3) is 5.56 Å². The van der Waals surface area contributed by atoms with Gasteiger partial charge in [0.05, 0.1) is 29.5 Å². The van der Waals surface area contributed by atoms with Crippen LogP contribution in [0.4, 0.5) is 32.8 Å². The van der Waals surface area contributed by atoms with E-state index in [4.69, 9.17) is 10.5 Å². The largest absolute Gasteiger partial charge is 0.467 e. The highest BCUT2D eigenvalue weighted by molar-refractivity contribution is 7.23. The average Bonchev–Trinajstić information content (AvgIpc) is 3.27. The quantitative estimate of drug-likeness (QED) is 0.267. The maximum Gasteiger partial charge on any atom is 0.417 e. The predicted molar refractivity (Wildman–Crippen MR) is 145 cm³/mol. The van der Waals surface area contributed by atoms with E-state index in [-0.39, 0.29) is 55.5 Å². The van der Waals surface area contributed by atoms with Gasteiger partial charge in [0.15, 0.2) is 5.82 Å². The fourth-order valence-electron chi connectivity index (χ4n) is 4.65. The second-order valence-electron chi connectivity index (χ2n) is 9.06. The van der Waals surface area contributed by atoms with Crippen LogP contribution in [-0.4, -0.2) is 28.7 Å². The molecule has 0 aliphatic carbocycles. The first-order valence-electron chi connectivity index (χ1n) is 11.8. The number of fused-ring (bicyclic) bond motifs is 2. The van der Waals surface area contributed by atoms with Crippen LogP contribution in [0.2, 0.25) is 0 Å². The van der Waals surface area contributed by atoms with Crippen LogP contribution in [0.15, 0.2) is 41.2 Å². The number of thiophene rings is 1. The second kappa shape index (κ2) is 10.0. The lowest BCUT2D eigenvalue weighted by atomic mass is 9.92. The van der Waals surface area contributed by atoms with Crippen molar-refractivity contribution in [3.8, 4) is 23.2 Å². The number of halogens is 5. The molecule has 2 N–H and O–H groups in total. The zero-order valence-electron chi connectivity index (χ0n) is 21.6. The molecule has 210 valence electrons. The lowest BCUT2D eigenvalue weighted by Crippen LogP contribution is -2.26. The first-order chi connectivity index (χ1) is 19.4. The molecule has 8 nitrogen and oxygen atoms in total. The molecule has 3 aromatic heterocycles. The van der Waals surface area contributed by atoms with E-state index in [0.717, 1.165) is 12.1 Å². The minimum Gasteiger partial charge on any atom is -0.467 e. The number of aromatic nitrogens is 3. The summed E-state index contributed by atoms with van der Waals surface area (Å²) < 4.78 is 81.1. The molecule has 0 aliphatic rings. The van der Waals surface area contributed by atoms with E-state index in [0.29, 0.717) is 23.1 Å². The highest BCUT2D eigenvalue weighted by Crippen LogP contribution is 2.47. The number of alkyl halides is 3. The van der Waals surface area contributed by atoms with Crippen molar-refractivity contribution in [2.24, 2.45) is 7.05 Å². The number of methoxy groups -OCH3 is 1. The minimum atomic E-state index is -5.08. The van der Waals surface area contributed by atoms with Crippen LogP contribution < -0.4 is 20.9 Å². The van der Waals surface area contributed by atoms with Gasteiger partial charge in [-0.2, -0.15) is 28.4 Å². The van der Waals surface area contributed by atoms with Crippen LogP contribution in [0.25, 0.3) is 32.1 Å². The van der Waals surface area contributed by atoms with Crippen molar-refractivity contribution in [3.05, 3.63) is 75.2 Å². The van der Waals surface area contributed by atoms with E-state index in [1.54, 1.807) is 12.1 Å². The lowest BCUT2D eigenvalue weighted by Gasteiger charge is -2.23. The Kier molecular flexibility index (Phi) is 6.78. The van der Waals surface area contributed by atoms with Gasteiger partial charge < -0.3 is 19.9 Å². The van der Waals surface area contributed by atoms with Crippen molar-refractivity contribution in [3.63, 3.8) is 0 Å². The number of hydrogen-bond acceptors (Lipinski definition) is 8. The van der Waals surface area contributed by atoms with Crippen molar-refractivity contribution >= 4 is 43.1 Å². The Bertz CT molecular complexity index is 1960. The van der Waals surface area contributed by atoms with Gasteiger partial charge in [0.1, 0.15) is 28.2 Å². The summed E-state index contributed by atoms with van der Waals surface area (Å²) in [7, 11) is 4.26. The zero-order chi connectivity index (χ0) is 29.8. The molecule has 0 fully saturated rings. The third kappa shape index (κ3) is 4.57. The van der Waals surface area contributed by atoms with Crippen LogP contribution >= 0.6 is 11.3 Å². The summed E-state index contributed by atoms with van der Waals surface area (Å²) in [6, 6.07) is 8.57. The SMILES string of the molecule is COc1nc(N(C)Cc2cccc(=O)n2C)c2cc(C(F)(F)F)c(-c3ccc(F)c4sc(N)c(C#N)c34)c(F)c2n1. The van der Waals surface area contributed by atoms with Crippen molar-refractivity contribution in [1.82, 2.24) is 14.5 Å². The molecule has 0 aliphatic heterocycles. The van der Waals surface area contributed by atoms with E-state index < -0.39 is 34.5 Å². The van der Waals surface area contributed by atoms with Gasteiger partial charge in [0, 0.05) is 42.2 Å². The minimum absolute atomic E-state index is 0.0187. The summed E-state index contributed by atoms with van der Waals surface area (Å²) in [5.41, 5.74) is 2.62. The molecule has 5 aromatic rings. The molecule has 0 spiro atoms. The molecule has 3 heterocycles. The summed E-state index contributed by atoms with van der Waals surface area (Å²) in [4.78, 5) is 21.7. The third-order valence-corrected chi connectivity index (χ3v) is 7.65. The summed E-state index contributed by atoms with van der Waals surface area (Å²) in [6.45, 7) is 0.0187. The van der Waals surface area contributed by atoms with Crippen LogP contribution in [0.1, 0.15) is 16.8 Å². The molecule has 0 bridgehead atoms. The molecule has 0 saturated heterocycles. The number of nitrogens with zero attached hydrogens (tertiary/aromatic N) is 5. The van der Waals surface area contributed by atoms with Crippen LogP contribution in [-0.2, 0) is 19.8 Å². The maximum atomic E-state index is 16.4. The molecule has 2 aromatic carbocycles. The van der Waals surface area contributed by atoms with Gasteiger partial charge in [-0.15, -0.1) is 11.3 Å². The normalized spacial score (nSPS) is 11.7. The number of nitrogens with two attached hydrogens (primary N) is 1. The first-order valence-corrected chi connectivity index (χ1v) is 12.6. The Labute approximate surface area is 232 Å². The van der Waals surface area contributed by atoms with E-state index in [2.05, 4.69) is 9.97 Å². The van der Waals surface area contributed by atoms with E-state index >= 15 is 4.39 Å². The topological polar surface area (TPSA) is 110 Å². The molecule has 0 radical (unpaired) electrons. The molecular formula is C27H19F5N6O2S. The smallest absolute Gasteiger partial charge is 0.417 e. The van der Waals surface area contributed by atoms with Crippen molar-refractivity contribution in [2.75, 3.05) is 24.8 Å². The number of rotatable bonds is 5. The highest BCUT2D eigenvalue weighted by atomic mass is 32.1. The van der Waals surface area contributed by atoms with Gasteiger partial charge in [-0.05, 0) is 23.8 Å². The Morgan fingerprint density at radius 1 is 1.20 bits per heavy atom. The summed E-state index contributed by atoms with van der Waals surface area (Å²) >= 11 is 0.677. The fraction of sp³-hybridized carbons (Fsp3) is 0.185. The van der Waals surface area contributed by atoms with Gasteiger partial charge in [-0.1, -0.05) is 12.1 Å². The standard InChI is InChI=1S/C27H19F5N6O2S/c1-37(11-12-5-4-6-18(39)38(12)2)25-14-9-16(27(30,31)32)20(21(29)22(14)35-26(36-25)40-3)13-7-8-17(28)23-19(13)15(10-33)24(34)41-23/h4-9H,11,34H2,1-3H3.